The van der Waals surface area contributed by atoms with Gasteiger partial charge in [-0.15, -0.1) is 0 Å². The molecule has 1 aromatic carbocycles. The number of hydrogen-bond acceptors (Lipinski definition) is 6. The van der Waals surface area contributed by atoms with Crippen LogP contribution in [0.2, 0.25) is 5.15 Å². The molecule has 8 heteroatoms. The summed E-state index contributed by atoms with van der Waals surface area (Å²) in [5, 5.41) is 11.0. The molecule has 0 spiro atoms. The first-order valence-electron chi connectivity index (χ1n) is 5.13. The molecule has 0 saturated heterocycles. The van der Waals surface area contributed by atoms with Gasteiger partial charge in [-0.1, -0.05) is 17.7 Å². The highest BCUT2D eigenvalue weighted by Crippen LogP contribution is 2.35. The Labute approximate surface area is 113 Å². The molecule has 98 valence electrons. The number of nitro benzene ring substituents is 1. The lowest BCUT2D eigenvalue weighted by Gasteiger charge is -2.08. The molecule has 2 N–H and O–H groups in total. The SMILES string of the molecule is COc1c(Cl)ncnc1-c1ccc(N)c([N+](=O)[O-])c1. The molecule has 0 saturated carbocycles. The van der Waals surface area contributed by atoms with Gasteiger partial charge in [-0.05, 0) is 6.07 Å². The summed E-state index contributed by atoms with van der Waals surface area (Å²) in [5.41, 5.74) is 6.25. The van der Waals surface area contributed by atoms with Crippen LogP contribution in [0.1, 0.15) is 0 Å². The van der Waals surface area contributed by atoms with Gasteiger partial charge in [0, 0.05) is 11.6 Å². The van der Waals surface area contributed by atoms with Crippen LogP contribution in [0.25, 0.3) is 11.3 Å². The molecule has 0 aliphatic heterocycles. The molecule has 2 aromatic rings. The fourth-order valence-corrected chi connectivity index (χ4v) is 1.80. The second kappa shape index (κ2) is 5.07. The molecule has 0 amide bonds. The molecule has 0 fully saturated rings. The minimum Gasteiger partial charge on any atom is -0.491 e. The molecule has 1 heterocycles. The Morgan fingerprint density at radius 3 is 2.79 bits per heavy atom. The molecule has 0 bridgehead atoms. The minimum atomic E-state index is -0.561. The Hall–Kier alpha value is -2.41. The van der Waals surface area contributed by atoms with E-state index >= 15 is 0 Å². The van der Waals surface area contributed by atoms with Crippen molar-refractivity contribution in [2.45, 2.75) is 0 Å². The number of nitrogens with two attached hydrogens (primary N) is 1. The van der Waals surface area contributed by atoms with E-state index in [1.165, 1.54) is 25.6 Å². The summed E-state index contributed by atoms with van der Waals surface area (Å²) < 4.78 is 5.10. The van der Waals surface area contributed by atoms with Gasteiger partial charge < -0.3 is 10.5 Å². The normalized spacial score (nSPS) is 10.2. The van der Waals surface area contributed by atoms with Gasteiger partial charge in [0.15, 0.2) is 10.9 Å². The first-order valence-corrected chi connectivity index (χ1v) is 5.51. The summed E-state index contributed by atoms with van der Waals surface area (Å²) in [6.45, 7) is 0. The largest absolute Gasteiger partial charge is 0.491 e. The van der Waals surface area contributed by atoms with Gasteiger partial charge in [-0.3, -0.25) is 10.1 Å². The van der Waals surface area contributed by atoms with E-state index in [2.05, 4.69) is 9.97 Å². The van der Waals surface area contributed by atoms with Crippen molar-refractivity contribution in [2.24, 2.45) is 0 Å². The van der Waals surface area contributed by atoms with E-state index in [0.717, 1.165) is 0 Å². The molecule has 2 rings (SSSR count). The second-order valence-electron chi connectivity index (χ2n) is 3.58. The number of ether oxygens (including phenoxy) is 1. The minimum absolute atomic E-state index is 0.0767. The molecular formula is C11H9ClN4O3. The Bertz CT molecular complexity index is 648. The predicted octanol–water partition coefficient (Wildman–Crippen LogP) is 2.30. The van der Waals surface area contributed by atoms with Crippen molar-refractivity contribution >= 4 is 23.0 Å². The zero-order valence-electron chi connectivity index (χ0n) is 9.83. The van der Waals surface area contributed by atoms with Crippen LogP contribution in [0, 0.1) is 10.1 Å². The first kappa shape index (κ1) is 13.0. The molecule has 7 nitrogen and oxygen atoms in total. The van der Waals surface area contributed by atoms with Crippen LogP contribution in [0.15, 0.2) is 24.5 Å². The summed E-state index contributed by atoms with van der Waals surface area (Å²) in [6, 6.07) is 4.35. The summed E-state index contributed by atoms with van der Waals surface area (Å²) >= 11 is 5.88. The topological polar surface area (TPSA) is 104 Å². The van der Waals surface area contributed by atoms with Gasteiger partial charge in [0.2, 0.25) is 0 Å². The first-order chi connectivity index (χ1) is 9.04. The number of anilines is 1. The van der Waals surface area contributed by atoms with Crippen LogP contribution in [-0.2, 0) is 0 Å². The second-order valence-corrected chi connectivity index (χ2v) is 3.94. The molecule has 0 aliphatic rings. The lowest BCUT2D eigenvalue weighted by atomic mass is 10.1. The molecule has 0 radical (unpaired) electrons. The van der Waals surface area contributed by atoms with Crippen molar-refractivity contribution in [1.82, 2.24) is 9.97 Å². The van der Waals surface area contributed by atoms with Crippen LogP contribution in [-0.4, -0.2) is 22.0 Å². The molecule has 0 unspecified atom stereocenters. The van der Waals surface area contributed by atoms with Crippen molar-refractivity contribution in [3.63, 3.8) is 0 Å². The van der Waals surface area contributed by atoms with E-state index in [9.17, 15) is 10.1 Å². The van der Waals surface area contributed by atoms with Crippen LogP contribution in [0.4, 0.5) is 11.4 Å². The number of halogens is 1. The molecule has 1 aromatic heterocycles. The van der Waals surface area contributed by atoms with Crippen molar-refractivity contribution in [2.75, 3.05) is 12.8 Å². The maximum Gasteiger partial charge on any atom is 0.292 e. The van der Waals surface area contributed by atoms with Crippen LogP contribution in [0.3, 0.4) is 0 Å². The summed E-state index contributed by atoms with van der Waals surface area (Å²) in [6.07, 6.45) is 1.25. The Morgan fingerprint density at radius 2 is 2.16 bits per heavy atom. The lowest BCUT2D eigenvalue weighted by molar-refractivity contribution is -0.383. The highest BCUT2D eigenvalue weighted by atomic mass is 35.5. The van der Waals surface area contributed by atoms with Crippen LogP contribution in [0.5, 0.6) is 5.75 Å². The van der Waals surface area contributed by atoms with Gasteiger partial charge in [-0.25, -0.2) is 9.97 Å². The number of nitrogens with zero attached hydrogens (tertiary/aromatic N) is 3. The Morgan fingerprint density at radius 1 is 1.42 bits per heavy atom. The van der Waals surface area contributed by atoms with E-state index in [1.54, 1.807) is 6.07 Å². The number of aromatic nitrogens is 2. The molecular weight excluding hydrogens is 272 g/mol. The number of methoxy groups -OCH3 is 1. The number of hydrogen-bond donors (Lipinski definition) is 1. The van der Waals surface area contributed by atoms with Gasteiger partial charge >= 0.3 is 0 Å². The summed E-state index contributed by atoms with van der Waals surface area (Å²) in [7, 11) is 1.42. The number of benzene rings is 1. The average molecular weight is 281 g/mol. The smallest absolute Gasteiger partial charge is 0.292 e. The van der Waals surface area contributed by atoms with E-state index in [-0.39, 0.29) is 22.3 Å². The van der Waals surface area contributed by atoms with E-state index in [0.29, 0.717) is 11.3 Å². The lowest BCUT2D eigenvalue weighted by Crippen LogP contribution is -1.98. The zero-order valence-corrected chi connectivity index (χ0v) is 10.6. The standard InChI is InChI=1S/C11H9ClN4O3/c1-19-10-9(14-5-15-11(10)12)6-2-3-7(13)8(4-6)16(17)18/h2-5H,13H2,1H3. The Kier molecular flexibility index (Phi) is 3.48. The van der Waals surface area contributed by atoms with E-state index in [4.69, 9.17) is 22.1 Å². The van der Waals surface area contributed by atoms with Crippen molar-refractivity contribution in [3.05, 3.63) is 39.8 Å². The number of rotatable bonds is 3. The third kappa shape index (κ3) is 2.41. The third-order valence-corrected chi connectivity index (χ3v) is 2.73. The Balaban J connectivity index is 2.63. The van der Waals surface area contributed by atoms with E-state index < -0.39 is 4.92 Å². The predicted molar refractivity (Wildman–Crippen MR) is 70.1 cm³/mol. The van der Waals surface area contributed by atoms with Crippen LogP contribution < -0.4 is 10.5 Å². The van der Waals surface area contributed by atoms with E-state index in [1.807, 2.05) is 0 Å². The molecule has 19 heavy (non-hydrogen) atoms. The number of nitrogen functional groups attached to an aromatic ring is 1. The van der Waals surface area contributed by atoms with Crippen molar-refractivity contribution in [1.29, 1.82) is 0 Å². The zero-order chi connectivity index (χ0) is 14.0. The van der Waals surface area contributed by atoms with Gasteiger partial charge in [-0.2, -0.15) is 0 Å². The number of nitro groups is 1. The average Bonchev–Trinajstić information content (AvgIpc) is 2.38. The molecule has 0 aliphatic carbocycles. The van der Waals surface area contributed by atoms with Gasteiger partial charge in [0.25, 0.3) is 5.69 Å². The fourth-order valence-electron chi connectivity index (χ4n) is 1.59. The third-order valence-electron chi connectivity index (χ3n) is 2.47. The summed E-state index contributed by atoms with van der Waals surface area (Å²) in [4.78, 5) is 18.1. The molecule has 0 atom stereocenters. The van der Waals surface area contributed by atoms with Crippen molar-refractivity contribution < 1.29 is 9.66 Å². The van der Waals surface area contributed by atoms with Crippen molar-refractivity contribution in [3.8, 4) is 17.0 Å². The fraction of sp³-hybridized carbons (Fsp3) is 0.0909. The maximum absolute atomic E-state index is 10.9. The van der Waals surface area contributed by atoms with Gasteiger partial charge in [0.05, 0.1) is 12.0 Å². The quantitative estimate of drug-likeness (QED) is 0.400. The van der Waals surface area contributed by atoms with Gasteiger partial charge in [0.1, 0.15) is 17.7 Å². The summed E-state index contributed by atoms with van der Waals surface area (Å²) in [5.74, 6) is 0.253. The van der Waals surface area contributed by atoms with Crippen LogP contribution >= 0.6 is 11.6 Å². The highest BCUT2D eigenvalue weighted by molar-refractivity contribution is 6.31. The highest BCUT2D eigenvalue weighted by Gasteiger charge is 2.17. The maximum atomic E-state index is 10.9. The monoisotopic (exact) mass is 280 g/mol.